The standard InChI is InChI=1S/C29H50O13S3.C18H32O6S2/c1-3-24(30)38-15-13-36-11-9-35-10-12-37-14-16-39-27(33)7-19-45-20-8-28(34)42-23-29(4-2,21-40-25(31)5-17-43)22-41-26(32)6-18-44;1-4-7-15(19)22-12-18(5-2,13-23-16(20)8-10-25)14-24-17(21)9-11-26-6-3/h43-44H,3-23H2,1-2H3;25H,4-14H2,1-3H3. The fraction of sp³-hybridized carbons (Fsp3) is 0.830. The smallest absolute Gasteiger partial charge is 0.306 e. The third-order valence-corrected chi connectivity index (χ3v) is 12.3. The molecule has 0 amide bonds. The summed E-state index contributed by atoms with van der Waals surface area (Å²) < 4.78 is 58.1. The highest BCUT2D eigenvalue weighted by Gasteiger charge is 2.35. The van der Waals surface area contributed by atoms with E-state index < -0.39 is 28.7 Å². The van der Waals surface area contributed by atoms with E-state index in [9.17, 15) is 38.4 Å². The zero-order valence-corrected chi connectivity index (χ0v) is 46.9. The largest absolute Gasteiger partial charge is 0.465 e. The maximum atomic E-state index is 12.3. The average molecular weight is 1110 g/mol. The van der Waals surface area contributed by atoms with Gasteiger partial charge in [0.15, 0.2) is 0 Å². The van der Waals surface area contributed by atoms with E-state index in [1.807, 2.05) is 27.7 Å². The van der Waals surface area contributed by atoms with Crippen molar-refractivity contribution in [3.63, 3.8) is 0 Å². The van der Waals surface area contributed by atoms with Crippen molar-refractivity contribution in [3.05, 3.63) is 0 Å². The summed E-state index contributed by atoms with van der Waals surface area (Å²) in [6.07, 6.45) is 3.45. The van der Waals surface area contributed by atoms with Crippen LogP contribution in [0.25, 0.3) is 0 Å². The minimum atomic E-state index is -0.870. The lowest BCUT2D eigenvalue weighted by atomic mass is 9.88. The van der Waals surface area contributed by atoms with Crippen molar-refractivity contribution in [3.8, 4) is 0 Å². The molecule has 414 valence electrons. The average Bonchev–Trinajstić information content (AvgIpc) is 3.35. The molecule has 0 aliphatic heterocycles. The van der Waals surface area contributed by atoms with E-state index in [-0.39, 0.29) is 121 Å². The van der Waals surface area contributed by atoms with Crippen molar-refractivity contribution in [2.45, 2.75) is 105 Å². The maximum Gasteiger partial charge on any atom is 0.306 e. The molecule has 19 nitrogen and oxygen atoms in total. The third-order valence-electron chi connectivity index (χ3n) is 9.71. The van der Waals surface area contributed by atoms with Crippen LogP contribution in [0.3, 0.4) is 0 Å². The molecular formula is C47H82O19S5. The van der Waals surface area contributed by atoms with Gasteiger partial charge in [-0.3, -0.25) is 38.4 Å². The van der Waals surface area contributed by atoms with E-state index in [1.165, 1.54) is 11.8 Å². The molecule has 0 aromatic rings. The Morgan fingerprint density at radius 2 is 0.634 bits per heavy atom. The first-order chi connectivity index (χ1) is 34.1. The summed E-state index contributed by atoms with van der Waals surface area (Å²) in [7, 11) is 0. The number of hydrogen-bond donors (Lipinski definition) is 3. The van der Waals surface area contributed by atoms with Gasteiger partial charge in [0.2, 0.25) is 0 Å². The number of thioether (sulfide) groups is 2. The van der Waals surface area contributed by atoms with Crippen molar-refractivity contribution in [2.24, 2.45) is 10.8 Å². The summed E-state index contributed by atoms with van der Waals surface area (Å²) >= 11 is 15.1. The van der Waals surface area contributed by atoms with Gasteiger partial charge < -0.3 is 52.1 Å². The Balaban J connectivity index is 0. The summed E-state index contributed by atoms with van der Waals surface area (Å²) in [5.74, 6) is 0.719. The minimum absolute atomic E-state index is 0.0342. The molecule has 0 bridgehead atoms. The molecular weight excluding hydrogens is 1030 g/mol. The van der Waals surface area contributed by atoms with Crippen LogP contribution in [0, 0.1) is 10.8 Å². The SMILES string of the molecule is CCC(=O)OCCOCCOCCOCCOC(=O)CCSCCC(=O)OCC(CC)(COC(=O)CCS)COC(=O)CCS.CCCC(=O)OCC(CC)(COC(=O)CCS)COC(=O)CCSCC. The van der Waals surface area contributed by atoms with Gasteiger partial charge in [0.1, 0.15) is 52.9 Å². The first-order valence-electron chi connectivity index (χ1n) is 24.1. The summed E-state index contributed by atoms with van der Waals surface area (Å²) in [4.78, 5) is 94.2. The van der Waals surface area contributed by atoms with Crippen LogP contribution in [0.5, 0.6) is 0 Å². The molecule has 0 aromatic carbocycles. The van der Waals surface area contributed by atoms with Crippen molar-refractivity contribution in [1.82, 2.24) is 0 Å². The van der Waals surface area contributed by atoms with Crippen LogP contribution >= 0.6 is 61.4 Å². The number of carbonyl (C=O) groups is 8. The molecule has 1 atom stereocenters. The highest BCUT2D eigenvalue weighted by atomic mass is 32.2. The summed E-state index contributed by atoms with van der Waals surface area (Å²) in [5, 5.41) is 0. The molecule has 0 rings (SSSR count). The van der Waals surface area contributed by atoms with Gasteiger partial charge in [-0.1, -0.05) is 34.6 Å². The Labute approximate surface area is 446 Å². The van der Waals surface area contributed by atoms with Gasteiger partial charge in [0.25, 0.3) is 0 Å². The summed E-state index contributed by atoms with van der Waals surface area (Å²) in [6, 6.07) is 0. The van der Waals surface area contributed by atoms with E-state index in [0.717, 1.165) is 5.75 Å². The Morgan fingerprint density at radius 1 is 0.352 bits per heavy atom. The van der Waals surface area contributed by atoms with Crippen LogP contribution < -0.4 is 0 Å². The summed E-state index contributed by atoms with van der Waals surface area (Å²) in [5.41, 5.74) is -1.60. The van der Waals surface area contributed by atoms with Crippen molar-refractivity contribution in [2.75, 3.05) is 133 Å². The highest BCUT2D eigenvalue weighted by Crippen LogP contribution is 2.26. The first-order valence-corrected chi connectivity index (χ1v) is 28.3. The van der Waals surface area contributed by atoms with E-state index in [1.54, 1.807) is 18.7 Å². The lowest BCUT2D eigenvalue weighted by Gasteiger charge is -2.31. The van der Waals surface area contributed by atoms with Crippen LogP contribution in [0.4, 0.5) is 0 Å². The van der Waals surface area contributed by atoms with Gasteiger partial charge in [-0.25, -0.2) is 0 Å². The van der Waals surface area contributed by atoms with Crippen LogP contribution in [-0.2, 0) is 90.5 Å². The summed E-state index contributed by atoms with van der Waals surface area (Å²) in [6.45, 7) is 11.7. The second kappa shape index (κ2) is 48.3. The van der Waals surface area contributed by atoms with Crippen molar-refractivity contribution in [1.29, 1.82) is 0 Å². The van der Waals surface area contributed by atoms with Gasteiger partial charge in [-0.15, -0.1) is 0 Å². The zero-order valence-electron chi connectivity index (χ0n) is 42.5. The topological polar surface area (TPSA) is 238 Å². The molecule has 0 spiro atoms. The zero-order chi connectivity index (χ0) is 53.4. The molecule has 0 aliphatic carbocycles. The maximum absolute atomic E-state index is 12.3. The van der Waals surface area contributed by atoms with Crippen LogP contribution in [0.15, 0.2) is 0 Å². The Hall–Kier alpha value is -2.61. The van der Waals surface area contributed by atoms with Gasteiger partial charge in [0.05, 0.1) is 89.0 Å². The normalized spacial score (nSPS) is 11.8. The number of rotatable bonds is 45. The molecule has 0 N–H and O–H groups in total. The van der Waals surface area contributed by atoms with Crippen molar-refractivity contribution >= 4 is 109 Å². The first kappa shape index (κ1) is 70.5. The van der Waals surface area contributed by atoms with Crippen LogP contribution in [0.1, 0.15) is 105 Å². The Kier molecular flexibility index (Phi) is 48.0. The number of esters is 8. The van der Waals surface area contributed by atoms with Crippen LogP contribution in [-0.4, -0.2) is 181 Å². The fourth-order valence-electron chi connectivity index (χ4n) is 5.03. The lowest BCUT2D eigenvalue weighted by Crippen LogP contribution is -2.39. The monoisotopic (exact) mass is 1110 g/mol. The Morgan fingerprint density at radius 3 is 0.930 bits per heavy atom. The second-order valence-electron chi connectivity index (χ2n) is 15.5. The van der Waals surface area contributed by atoms with E-state index >= 15 is 0 Å². The molecule has 0 saturated heterocycles. The third kappa shape index (κ3) is 42.4. The minimum Gasteiger partial charge on any atom is -0.465 e. The van der Waals surface area contributed by atoms with E-state index in [0.29, 0.717) is 106 Å². The quantitative estimate of drug-likeness (QED) is 0.0275. The molecule has 0 aliphatic rings. The Bertz CT molecular complexity index is 1410. The van der Waals surface area contributed by atoms with Gasteiger partial charge in [-0.2, -0.15) is 61.4 Å². The molecule has 24 heteroatoms. The molecule has 0 radical (unpaired) electrons. The predicted molar refractivity (Wildman–Crippen MR) is 280 cm³/mol. The second-order valence-corrected chi connectivity index (χ2v) is 19.5. The molecule has 71 heavy (non-hydrogen) atoms. The predicted octanol–water partition coefficient (Wildman–Crippen LogP) is 5.99. The van der Waals surface area contributed by atoms with Crippen LogP contribution in [0.2, 0.25) is 0 Å². The molecule has 0 aromatic heterocycles. The number of ether oxygens (including phenoxy) is 11. The molecule has 0 saturated carbocycles. The fourth-order valence-corrected chi connectivity index (χ4v) is 7.01. The highest BCUT2D eigenvalue weighted by molar-refractivity contribution is 7.99. The van der Waals surface area contributed by atoms with Gasteiger partial charge >= 0.3 is 47.8 Å². The molecule has 0 heterocycles. The van der Waals surface area contributed by atoms with E-state index in [4.69, 9.17) is 52.1 Å². The number of carbonyl (C=O) groups excluding carboxylic acids is 8. The van der Waals surface area contributed by atoms with Crippen molar-refractivity contribution < 1.29 is 90.5 Å². The van der Waals surface area contributed by atoms with Gasteiger partial charge in [-0.05, 0) is 25.0 Å². The molecule has 0 fully saturated rings. The lowest BCUT2D eigenvalue weighted by molar-refractivity contribution is -0.164. The van der Waals surface area contributed by atoms with E-state index in [2.05, 4.69) is 37.9 Å². The molecule has 1 unspecified atom stereocenters. The number of hydrogen-bond acceptors (Lipinski definition) is 24. The number of thiol groups is 3. The van der Waals surface area contributed by atoms with Gasteiger partial charge in [0, 0.05) is 47.4 Å².